The average molecular weight is 640 g/mol. The van der Waals surface area contributed by atoms with E-state index in [9.17, 15) is 14.4 Å². The van der Waals surface area contributed by atoms with Gasteiger partial charge in [0, 0.05) is 46.4 Å². The molecule has 44 heavy (non-hydrogen) atoms. The SMILES string of the molecule is C.C.C.C.CC(=O)NC(C)C.CC=CC(C)O.CCCC(C)=O.CCCC(C)O.CCNC(C)=O.CCNc1nnnn1C. The number of aliphatic hydroxyl groups is 2. The molecule has 0 aliphatic heterocycles. The lowest BCUT2D eigenvalue weighted by Crippen LogP contribution is -2.27. The topological polar surface area (TPSA) is 171 Å². The van der Waals surface area contributed by atoms with Crippen molar-refractivity contribution in [2.45, 2.75) is 157 Å². The van der Waals surface area contributed by atoms with E-state index >= 15 is 0 Å². The molecule has 12 heteroatoms. The van der Waals surface area contributed by atoms with Gasteiger partial charge in [-0.25, -0.2) is 4.68 Å². The highest BCUT2D eigenvalue weighted by molar-refractivity contribution is 5.75. The molecule has 0 saturated heterocycles. The van der Waals surface area contributed by atoms with Gasteiger partial charge in [-0.1, -0.05) is 67.2 Å². The first-order valence-electron chi connectivity index (χ1n) is 14.0. The summed E-state index contributed by atoms with van der Waals surface area (Å²) >= 11 is 0. The highest BCUT2D eigenvalue weighted by Crippen LogP contribution is 1.92. The predicted octanol–water partition coefficient (Wildman–Crippen LogP) is 6.35. The Hall–Kier alpha value is -2.86. The number of aliphatic hydroxyl groups excluding tert-OH is 2. The van der Waals surface area contributed by atoms with Crippen molar-refractivity contribution in [2.24, 2.45) is 7.05 Å². The van der Waals surface area contributed by atoms with Crippen molar-refractivity contribution >= 4 is 23.5 Å². The molecule has 0 spiro atoms. The van der Waals surface area contributed by atoms with Crippen LogP contribution in [0.15, 0.2) is 12.2 Å². The zero-order valence-electron chi connectivity index (χ0n) is 27.5. The summed E-state index contributed by atoms with van der Waals surface area (Å²) in [5, 5.41) is 36.0. The van der Waals surface area contributed by atoms with Crippen molar-refractivity contribution in [3.8, 4) is 0 Å². The van der Waals surface area contributed by atoms with Crippen LogP contribution in [0.1, 0.15) is 138 Å². The highest BCUT2D eigenvalue weighted by Gasteiger charge is 1.95. The molecule has 0 aliphatic carbocycles. The van der Waals surface area contributed by atoms with Crippen molar-refractivity contribution in [3.05, 3.63) is 12.2 Å². The minimum absolute atomic E-state index is 0. The molecule has 0 aliphatic rings. The number of aryl methyl sites for hydroxylation is 1. The van der Waals surface area contributed by atoms with E-state index in [0.717, 1.165) is 38.8 Å². The zero-order chi connectivity index (χ0) is 32.5. The molecule has 0 radical (unpaired) electrons. The number of carbonyl (C=O) groups is 3. The first-order chi connectivity index (χ1) is 18.5. The van der Waals surface area contributed by atoms with Crippen LogP contribution in [0.25, 0.3) is 0 Å². The molecule has 12 nitrogen and oxygen atoms in total. The van der Waals surface area contributed by atoms with Crippen molar-refractivity contribution < 1.29 is 24.6 Å². The molecular weight excluding hydrogens is 562 g/mol. The first kappa shape index (κ1) is 64.2. The molecule has 0 saturated carbocycles. The number of Topliss-reactive ketones (excluding diaryl/α,β-unsaturated/α-hetero) is 1. The van der Waals surface area contributed by atoms with Gasteiger partial charge in [0.2, 0.25) is 17.8 Å². The number of tetrazole rings is 1. The van der Waals surface area contributed by atoms with Gasteiger partial charge in [0.1, 0.15) is 5.78 Å². The fourth-order valence-corrected chi connectivity index (χ4v) is 2.24. The maximum atomic E-state index is 10.1. The predicted molar refractivity (Wildman–Crippen MR) is 192 cm³/mol. The number of nitrogens with one attached hydrogen (secondary N) is 3. The van der Waals surface area contributed by atoms with Crippen LogP contribution in [0.5, 0.6) is 0 Å². The van der Waals surface area contributed by atoms with Crippen LogP contribution >= 0.6 is 0 Å². The Morgan fingerprint density at radius 1 is 0.864 bits per heavy atom. The number of nitrogens with zero attached hydrogens (tertiary/aromatic N) is 4. The van der Waals surface area contributed by atoms with Gasteiger partial charge in [0.05, 0.1) is 12.2 Å². The Morgan fingerprint density at radius 2 is 1.36 bits per heavy atom. The standard InChI is InChI=1S/C5H11NO.C5H12O.2C5H10O.C4H9N5.C4H9NO.4CH4/c1-4(2)6-5(3)7;3*1-3-4-5(2)6;1-3-5-4-6-7-8-9(4)2;1-3-5-4(2)6;;;;/h4H,1-3H3,(H,6,7);5-6H,3-4H2,1-2H3;3-4H2,1-2H3;3-6H,1-2H3;3H2,1-2H3,(H,5,6,8);3H2,1-2H3,(H,5,6);4*1H4. The maximum absolute atomic E-state index is 10.1. The van der Waals surface area contributed by atoms with Crippen LogP contribution in [0.3, 0.4) is 0 Å². The lowest BCUT2D eigenvalue weighted by Gasteiger charge is -2.02. The van der Waals surface area contributed by atoms with Crippen LogP contribution in [-0.2, 0) is 21.4 Å². The summed E-state index contributed by atoms with van der Waals surface area (Å²) in [6, 6.07) is 0.275. The minimum Gasteiger partial charge on any atom is -0.393 e. The van der Waals surface area contributed by atoms with E-state index in [4.69, 9.17) is 10.2 Å². The zero-order valence-corrected chi connectivity index (χ0v) is 27.5. The lowest BCUT2D eigenvalue weighted by atomic mass is 10.2. The van der Waals surface area contributed by atoms with Crippen LogP contribution in [0, 0.1) is 0 Å². The molecule has 0 fully saturated rings. The highest BCUT2D eigenvalue weighted by atomic mass is 16.3. The van der Waals surface area contributed by atoms with Crippen molar-refractivity contribution in [3.63, 3.8) is 0 Å². The third-order valence-corrected chi connectivity index (χ3v) is 3.65. The monoisotopic (exact) mass is 640 g/mol. The summed E-state index contributed by atoms with van der Waals surface area (Å²) in [5.74, 6) is 1.07. The van der Waals surface area contributed by atoms with Gasteiger partial charge in [-0.05, 0) is 78.7 Å². The van der Waals surface area contributed by atoms with Gasteiger partial charge in [0.25, 0.3) is 0 Å². The fourth-order valence-electron chi connectivity index (χ4n) is 2.24. The molecule has 1 rings (SSSR count). The smallest absolute Gasteiger partial charge is 0.242 e. The number of anilines is 1. The van der Waals surface area contributed by atoms with Gasteiger partial charge >= 0.3 is 0 Å². The summed E-state index contributed by atoms with van der Waals surface area (Å²) in [4.78, 5) is 30.1. The first-order valence-corrected chi connectivity index (χ1v) is 14.0. The number of rotatable bonds is 9. The summed E-state index contributed by atoms with van der Waals surface area (Å²) in [6.07, 6.45) is 6.89. The molecule has 2 atom stereocenters. The summed E-state index contributed by atoms with van der Waals surface area (Å²) in [7, 11) is 1.79. The van der Waals surface area contributed by atoms with Gasteiger partial charge in [0.15, 0.2) is 0 Å². The van der Waals surface area contributed by atoms with E-state index in [-0.39, 0.29) is 65.6 Å². The maximum Gasteiger partial charge on any atom is 0.242 e. The number of carbonyl (C=O) groups excluding carboxylic acids is 3. The second kappa shape index (κ2) is 49.8. The molecule has 270 valence electrons. The van der Waals surface area contributed by atoms with Crippen LogP contribution in [-0.4, -0.2) is 79.4 Å². The third-order valence-electron chi connectivity index (χ3n) is 3.65. The van der Waals surface area contributed by atoms with Gasteiger partial charge in [-0.15, -0.1) is 0 Å². The number of amides is 2. The molecule has 1 heterocycles. The van der Waals surface area contributed by atoms with Gasteiger partial charge < -0.3 is 31.0 Å². The minimum atomic E-state index is -0.282. The largest absolute Gasteiger partial charge is 0.393 e. The number of allylic oxidation sites excluding steroid dienone is 1. The molecule has 0 aromatic carbocycles. The van der Waals surface area contributed by atoms with E-state index in [1.54, 1.807) is 31.7 Å². The molecule has 2 amide bonds. The summed E-state index contributed by atoms with van der Waals surface area (Å²) in [6.45, 7) is 23.4. The molecule has 1 aromatic heterocycles. The van der Waals surface area contributed by atoms with Crippen LogP contribution < -0.4 is 16.0 Å². The number of ketones is 1. The van der Waals surface area contributed by atoms with Crippen LogP contribution in [0.2, 0.25) is 0 Å². The Balaban J connectivity index is -0.0000000473. The van der Waals surface area contributed by atoms with Crippen LogP contribution in [0.4, 0.5) is 5.95 Å². The van der Waals surface area contributed by atoms with E-state index in [1.807, 2.05) is 54.5 Å². The number of aromatic nitrogens is 4. The van der Waals surface area contributed by atoms with Crippen molar-refractivity contribution in [1.82, 2.24) is 30.8 Å². The average Bonchev–Trinajstić information content (AvgIpc) is 3.19. The summed E-state index contributed by atoms with van der Waals surface area (Å²) in [5.41, 5.74) is 0. The Morgan fingerprint density at radius 3 is 1.45 bits per heavy atom. The normalized spacial score (nSPS) is 9.73. The van der Waals surface area contributed by atoms with E-state index < -0.39 is 0 Å². The number of hydrogen-bond acceptors (Lipinski definition) is 9. The van der Waals surface area contributed by atoms with E-state index in [1.165, 1.54) is 13.8 Å². The van der Waals surface area contributed by atoms with Gasteiger partial charge in [-0.2, -0.15) is 0 Å². The quantitative estimate of drug-likeness (QED) is 0.193. The van der Waals surface area contributed by atoms with E-state index in [2.05, 4.69) is 38.4 Å². The molecule has 0 bridgehead atoms. The number of hydrogen-bond donors (Lipinski definition) is 5. The van der Waals surface area contributed by atoms with E-state index in [0.29, 0.717) is 5.95 Å². The Bertz CT molecular complexity index is 708. The molecular formula is C32H77N7O5. The molecule has 1 aromatic rings. The lowest BCUT2D eigenvalue weighted by molar-refractivity contribution is -0.120. The molecule has 2 unspecified atom stereocenters. The third kappa shape index (κ3) is 83.3. The summed E-state index contributed by atoms with van der Waals surface area (Å²) < 4.78 is 1.59. The van der Waals surface area contributed by atoms with Crippen molar-refractivity contribution in [1.29, 1.82) is 0 Å². The second-order valence-corrected chi connectivity index (χ2v) is 8.95. The second-order valence-electron chi connectivity index (χ2n) is 8.95. The Kier molecular flexibility index (Phi) is 72.6. The van der Waals surface area contributed by atoms with Gasteiger partial charge in [-0.3, -0.25) is 9.59 Å². The van der Waals surface area contributed by atoms with Crippen molar-refractivity contribution in [2.75, 3.05) is 18.4 Å². The molecule has 5 N–H and O–H groups in total. The Labute approximate surface area is 273 Å². The fraction of sp³-hybridized carbons (Fsp3) is 0.812.